The van der Waals surface area contributed by atoms with Crippen LogP contribution in [0, 0.1) is 12.3 Å². The zero-order chi connectivity index (χ0) is 12.7. The minimum Gasteiger partial charge on any atom is -0.397 e. The van der Waals surface area contributed by atoms with E-state index in [1.807, 2.05) is 0 Å². The lowest BCUT2D eigenvalue weighted by Gasteiger charge is -2.19. The number of nitrogens with two attached hydrogens (primary N) is 1. The Balaban J connectivity index is 2.01. The maximum Gasteiger partial charge on any atom is 0.396 e. The predicted octanol–water partition coefficient (Wildman–Crippen LogP) is 2.73. The molecule has 0 aromatic carbocycles. The maximum absolute atomic E-state index is 12.7. The van der Waals surface area contributed by atoms with Crippen molar-refractivity contribution in [3.8, 4) is 0 Å². The second-order valence-electron chi connectivity index (χ2n) is 4.56. The number of nitrogens with one attached hydrogen (secondary N) is 1. The zero-order valence-corrected chi connectivity index (χ0v) is 9.43. The standard InChI is InChI=1S/C11H14F3N3/c1-7-4-9(16-5-8(7)15)17-6-10(2-3-10)11(12,13)14/h4-5H,2-3,6,15H2,1H3,(H,16,17). The van der Waals surface area contributed by atoms with Crippen molar-refractivity contribution in [3.05, 3.63) is 17.8 Å². The van der Waals surface area contributed by atoms with Crippen LogP contribution in [-0.4, -0.2) is 17.7 Å². The molecule has 1 aromatic heterocycles. The van der Waals surface area contributed by atoms with Gasteiger partial charge in [-0.05, 0) is 31.4 Å². The van der Waals surface area contributed by atoms with E-state index in [2.05, 4.69) is 10.3 Å². The lowest BCUT2D eigenvalue weighted by molar-refractivity contribution is -0.182. The summed E-state index contributed by atoms with van der Waals surface area (Å²) in [6.45, 7) is 1.67. The summed E-state index contributed by atoms with van der Waals surface area (Å²) in [6, 6.07) is 1.65. The van der Waals surface area contributed by atoms with Crippen LogP contribution < -0.4 is 11.1 Å². The number of nitrogens with zero attached hydrogens (tertiary/aromatic N) is 1. The van der Waals surface area contributed by atoms with Gasteiger partial charge in [0.1, 0.15) is 5.82 Å². The van der Waals surface area contributed by atoms with E-state index in [9.17, 15) is 13.2 Å². The molecular weight excluding hydrogens is 231 g/mol. The molecule has 1 saturated carbocycles. The van der Waals surface area contributed by atoms with E-state index >= 15 is 0 Å². The van der Waals surface area contributed by atoms with Gasteiger partial charge in [0.2, 0.25) is 0 Å². The van der Waals surface area contributed by atoms with E-state index in [1.54, 1.807) is 13.0 Å². The molecule has 2 rings (SSSR count). The number of anilines is 2. The molecule has 1 aromatic rings. The van der Waals surface area contributed by atoms with Crippen LogP contribution in [0.15, 0.2) is 12.3 Å². The molecule has 17 heavy (non-hydrogen) atoms. The van der Waals surface area contributed by atoms with Gasteiger partial charge in [-0.15, -0.1) is 0 Å². The van der Waals surface area contributed by atoms with E-state index < -0.39 is 11.6 Å². The molecule has 0 saturated heterocycles. The number of hydrogen-bond donors (Lipinski definition) is 2. The number of alkyl halides is 3. The molecule has 0 unspecified atom stereocenters. The Morgan fingerprint density at radius 1 is 1.47 bits per heavy atom. The fourth-order valence-corrected chi connectivity index (χ4v) is 1.63. The monoisotopic (exact) mass is 245 g/mol. The van der Waals surface area contributed by atoms with E-state index in [0.717, 1.165) is 5.56 Å². The first-order valence-electron chi connectivity index (χ1n) is 5.37. The molecule has 1 fully saturated rings. The van der Waals surface area contributed by atoms with Gasteiger partial charge in [0.05, 0.1) is 17.3 Å². The Hall–Kier alpha value is -1.46. The average molecular weight is 245 g/mol. The molecule has 0 bridgehead atoms. The molecule has 3 N–H and O–H groups in total. The van der Waals surface area contributed by atoms with Crippen LogP contribution in [0.2, 0.25) is 0 Å². The van der Waals surface area contributed by atoms with Gasteiger partial charge in [-0.1, -0.05) is 0 Å². The number of nitrogen functional groups attached to an aromatic ring is 1. The highest BCUT2D eigenvalue weighted by atomic mass is 19.4. The Bertz CT molecular complexity index is 424. The number of aromatic nitrogens is 1. The van der Waals surface area contributed by atoms with Gasteiger partial charge in [-0.2, -0.15) is 13.2 Å². The Morgan fingerprint density at radius 3 is 2.59 bits per heavy atom. The van der Waals surface area contributed by atoms with Gasteiger partial charge in [0, 0.05) is 6.54 Å². The van der Waals surface area contributed by atoms with Crippen molar-refractivity contribution in [2.45, 2.75) is 25.9 Å². The van der Waals surface area contributed by atoms with Crippen LogP contribution in [0.3, 0.4) is 0 Å². The Morgan fingerprint density at radius 2 is 2.12 bits per heavy atom. The predicted molar refractivity (Wildman–Crippen MR) is 59.6 cm³/mol. The lowest BCUT2D eigenvalue weighted by Crippen LogP contribution is -2.31. The molecular formula is C11H14F3N3. The van der Waals surface area contributed by atoms with Gasteiger partial charge < -0.3 is 11.1 Å². The van der Waals surface area contributed by atoms with Crippen LogP contribution in [0.25, 0.3) is 0 Å². The highest BCUT2D eigenvalue weighted by molar-refractivity contribution is 5.51. The molecule has 0 amide bonds. The fraction of sp³-hybridized carbons (Fsp3) is 0.545. The summed E-state index contributed by atoms with van der Waals surface area (Å²) < 4.78 is 38.0. The molecule has 1 aliphatic carbocycles. The molecule has 1 aliphatic rings. The molecule has 0 atom stereocenters. The van der Waals surface area contributed by atoms with Crippen molar-refractivity contribution in [3.63, 3.8) is 0 Å². The zero-order valence-electron chi connectivity index (χ0n) is 9.43. The number of pyridine rings is 1. The second kappa shape index (κ2) is 3.78. The molecule has 6 heteroatoms. The van der Waals surface area contributed by atoms with Gasteiger partial charge in [-0.3, -0.25) is 0 Å². The molecule has 1 heterocycles. The second-order valence-corrected chi connectivity index (χ2v) is 4.56. The van der Waals surface area contributed by atoms with Gasteiger partial charge in [-0.25, -0.2) is 4.98 Å². The fourth-order valence-electron chi connectivity index (χ4n) is 1.63. The number of aryl methyl sites for hydroxylation is 1. The first-order chi connectivity index (χ1) is 7.84. The van der Waals surface area contributed by atoms with Crippen LogP contribution in [0.4, 0.5) is 24.7 Å². The van der Waals surface area contributed by atoms with Crippen LogP contribution in [-0.2, 0) is 0 Å². The SMILES string of the molecule is Cc1cc(NCC2(C(F)(F)F)CC2)ncc1N. The Labute approximate surface area is 97.2 Å². The average Bonchev–Trinajstić information content (AvgIpc) is 3.00. The number of halogens is 3. The minimum absolute atomic E-state index is 0.118. The van der Waals surface area contributed by atoms with Gasteiger partial charge in [0.25, 0.3) is 0 Å². The molecule has 0 spiro atoms. The number of rotatable bonds is 3. The highest BCUT2D eigenvalue weighted by Gasteiger charge is 2.62. The van der Waals surface area contributed by atoms with Crippen LogP contribution in [0.5, 0.6) is 0 Å². The lowest BCUT2D eigenvalue weighted by atomic mass is 10.1. The first kappa shape index (κ1) is 12.0. The minimum atomic E-state index is -4.14. The molecule has 3 nitrogen and oxygen atoms in total. The van der Waals surface area contributed by atoms with E-state index in [4.69, 9.17) is 5.73 Å². The third-order valence-electron chi connectivity index (χ3n) is 3.21. The summed E-state index contributed by atoms with van der Waals surface area (Å²) in [6.07, 6.45) is -2.30. The smallest absolute Gasteiger partial charge is 0.396 e. The van der Waals surface area contributed by atoms with Crippen molar-refractivity contribution in [1.82, 2.24) is 4.98 Å². The van der Waals surface area contributed by atoms with Crippen molar-refractivity contribution < 1.29 is 13.2 Å². The van der Waals surface area contributed by atoms with Crippen LogP contribution in [0.1, 0.15) is 18.4 Å². The number of hydrogen-bond acceptors (Lipinski definition) is 3. The topological polar surface area (TPSA) is 50.9 Å². The van der Waals surface area contributed by atoms with Gasteiger partial charge in [0.15, 0.2) is 0 Å². The normalized spacial score (nSPS) is 17.9. The summed E-state index contributed by atoms with van der Waals surface area (Å²) in [4.78, 5) is 3.95. The molecule has 0 aliphatic heterocycles. The quantitative estimate of drug-likeness (QED) is 0.860. The van der Waals surface area contributed by atoms with Crippen molar-refractivity contribution in [2.24, 2.45) is 5.41 Å². The Kier molecular flexibility index (Phi) is 2.67. The van der Waals surface area contributed by atoms with Crippen LogP contribution >= 0.6 is 0 Å². The third kappa shape index (κ3) is 2.30. The van der Waals surface area contributed by atoms with Crippen molar-refractivity contribution in [1.29, 1.82) is 0 Å². The maximum atomic E-state index is 12.7. The largest absolute Gasteiger partial charge is 0.397 e. The molecule has 94 valence electrons. The van der Waals surface area contributed by atoms with E-state index in [-0.39, 0.29) is 19.4 Å². The van der Waals surface area contributed by atoms with Gasteiger partial charge >= 0.3 is 6.18 Å². The summed E-state index contributed by atoms with van der Waals surface area (Å²) in [5, 5.41) is 2.74. The van der Waals surface area contributed by atoms with Crippen molar-refractivity contribution >= 4 is 11.5 Å². The summed E-state index contributed by atoms with van der Waals surface area (Å²) in [7, 11) is 0. The summed E-state index contributed by atoms with van der Waals surface area (Å²) >= 11 is 0. The first-order valence-corrected chi connectivity index (χ1v) is 5.37. The highest BCUT2D eigenvalue weighted by Crippen LogP contribution is 2.57. The summed E-state index contributed by atoms with van der Waals surface area (Å²) in [5.74, 6) is 0.437. The summed E-state index contributed by atoms with van der Waals surface area (Å²) in [5.41, 5.74) is 5.37. The van der Waals surface area contributed by atoms with E-state index in [0.29, 0.717) is 11.5 Å². The third-order valence-corrected chi connectivity index (χ3v) is 3.21. The molecule has 0 radical (unpaired) electrons. The van der Waals surface area contributed by atoms with Crippen molar-refractivity contribution in [2.75, 3.05) is 17.6 Å². The van der Waals surface area contributed by atoms with E-state index in [1.165, 1.54) is 6.20 Å².